The highest BCUT2D eigenvalue weighted by Gasteiger charge is 2.21. The van der Waals surface area contributed by atoms with Crippen molar-refractivity contribution in [3.63, 3.8) is 0 Å². The van der Waals surface area contributed by atoms with Gasteiger partial charge in [-0.05, 0) is 40.8 Å². The molecule has 1 atom stereocenters. The van der Waals surface area contributed by atoms with E-state index in [1.54, 1.807) is 18.2 Å². The van der Waals surface area contributed by atoms with Crippen LogP contribution in [0.5, 0.6) is 11.5 Å². The zero-order valence-corrected chi connectivity index (χ0v) is 18.0. The van der Waals surface area contributed by atoms with Gasteiger partial charge in [-0.2, -0.15) is 0 Å². The molecule has 31 heavy (non-hydrogen) atoms. The number of Topliss-reactive ketones (excluding diaryl/α,β-unsaturated/α-hetero) is 1. The number of benzene rings is 2. The SMILES string of the molecule is COc1cc(C(C)C)c(C=CC(O)CC(=O)CC(=O)O)c(-c2ccc(F)cc2)c1OC. The van der Waals surface area contributed by atoms with Crippen LogP contribution >= 0.6 is 0 Å². The van der Waals surface area contributed by atoms with Gasteiger partial charge >= 0.3 is 5.97 Å². The Kier molecular flexibility index (Phi) is 8.33. The predicted octanol–water partition coefficient (Wildman–Crippen LogP) is 4.44. The van der Waals surface area contributed by atoms with Crippen LogP contribution < -0.4 is 9.47 Å². The van der Waals surface area contributed by atoms with Crippen LogP contribution in [0.15, 0.2) is 36.4 Å². The Bertz CT molecular complexity index is 963. The molecule has 0 saturated heterocycles. The fourth-order valence-corrected chi connectivity index (χ4v) is 3.34. The first kappa shape index (κ1) is 24.1. The lowest BCUT2D eigenvalue weighted by molar-refractivity contribution is -0.140. The molecule has 2 aromatic carbocycles. The zero-order chi connectivity index (χ0) is 23.1. The van der Waals surface area contributed by atoms with E-state index in [4.69, 9.17) is 14.6 Å². The van der Waals surface area contributed by atoms with E-state index >= 15 is 0 Å². The van der Waals surface area contributed by atoms with Crippen molar-refractivity contribution >= 4 is 17.8 Å². The molecule has 7 heteroatoms. The van der Waals surface area contributed by atoms with Crippen molar-refractivity contribution in [3.05, 3.63) is 53.4 Å². The second-order valence-corrected chi connectivity index (χ2v) is 7.39. The molecular formula is C24H27FO6. The van der Waals surface area contributed by atoms with Gasteiger partial charge in [0.2, 0.25) is 0 Å². The topological polar surface area (TPSA) is 93.1 Å². The van der Waals surface area contributed by atoms with E-state index in [2.05, 4.69) is 0 Å². The lowest BCUT2D eigenvalue weighted by Crippen LogP contribution is -2.14. The molecular weight excluding hydrogens is 403 g/mol. The maximum Gasteiger partial charge on any atom is 0.310 e. The number of ketones is 1. The average Bonchev–Trinajstić information content (AvgIpc) is 2.70. The summed E-state index contributed by atoms with van der Waals surface area (Å²) in [6.07, 6.45) is 1.02. The van der Waals surface area contributed by atoms with Gasteiger partial charge in [-0.3, -0.25) is 9.59 Å². The molecule has 6 nitrogen and oxygen atoms in total. The number of carboxylic acid groups (broad SMARTS) is 1. The third kappa shape index (κ3) is 6.15. The molecule has 0 radical (unpaired) electrons. The standard InChI is InChI=1S/C24H27FO6/c1-14(2)20-13-21(30-3)24(31-4)23(15-5-7-16(25)8-6-15)19(20)10-9-17(26)11-18(27)12-22(28)29/h5-10,13-14,17,26H,11-12H2,1-4H3,(H,28,29). The van der Waals surface area contributed by atoms with Crippen molar-refractivity contribution in [3.8, 4) is 22.6 Å². The van der Waals surface area contributed by atoms with E-state index in [0.717, 1.165) is 11.1 Å². The average molecular weight is 430 g/mol. The zero-order valence-electron chi connectivity index (χ0n) is 18.0. The lowest BCUT2D eigenvalue weighted by atomic mass is 9.88. The van der Waals surface area contributed by atoms with Crippen LogP contribution in [0.1, 0.15) is 43.7 Å². The Balaban J connectivity index is 2.61. The van der Waals surface area contributed by atoms with Gasteiger partial charge in [0.25, 0.3) is 0 Å². The highest BCUT2D eigenvalue weighted by Crippen LogP contribution is 2.45. The number of methoxy groups -OCH3 is 2. The summed E-state index contributed by atoms with van der Waals surface area (Å²) in [5, 5.41) is 19.0. The van der Waals surface area contributed by atoms with Gasteiger partial charge < -0.3 is 19.7 Å². The molecule has 0 heterocycles. The number of carbonyl (C=O) groups is 2. The summed E-state index contributed by atoms with van der Waals surface area (Å²) < 4.78 is 24.6. The van der Waals surface area contributed by atoms with E-state index in [1.165, 1.54) is 32.4 Å². The molecule has 2 rings (SSSR count). The van der Waals surface area contributed by atoms with Crippen molar-refractivity contribution in [2.24, 2.45) is 0 Å². The fraction of sp³-hybridized carbons (Fsp3) is 0.333. The van der Waals surface area contributed by atoms with Crippen molar-refractivity contribution in [1.82, 2.24) is 0 Å². The van der Waals surface area contributed by atoms with Crippen LogP contribution in [0.3, 0.4) is 0 Å². The number of aliphatic carboxylic acids is 1. The normalized spacial score (nSPS) is 12.2. The molecule has 0 aliphatic carbocycles. The van der Waals surface area contributed by atoms with E-state index in [9.17, 15) is 19.1 Å². The Morgan fingerprint density at radius 1 is 1.13 bits per heavy atom. The van der Waals surface area contributed by atoms with E-state index in [-0.39, 0.29) is 18.2 Å². The summed E-state index contributed by atoms with van der Waals surface area (Å²) in [5.41, 5.74) is 2.97. The van der Waals surface area contributed by atoms with Crippen molar-refractivity contribution in [1.29, 1.82) is 0 Å². The molecule has 0 bridgehead atoms. The van der Waals surface area contributed by atoms with Gasteiger partial charge in [0.05, 0.1) is 20.3 Å². The minimum absolute atomic E-state index is 0.0736. The van der Waals surface area contributed by atoms with Gasteiger partial charge in [0.1, 0.15) is 18.0 Å². The first-order valence-electron chi connectivity index (χ1n) is 9.82. The number of rotatable bonds is 10. The summed E-state index contributed by atoms with van der Waals surface area (Å²) in [5.74, 6) is -1.14. The molecule has 166 valence electrons. The first-order valence-corrected chi connectivity index (χ1v) is 9.82. The highest BCUT2D eigenvalue weighted by molar-refractivity contribution is 5.95. The van der Waals surface area contributed by atoms with Crippen LogP contribution in [-0.2, 0) is 9.59 Å². The molecule has 0 aromatic heterocycles. The van der Waals surface area contributed by atoms with Gasteiger partial charge in [0.15, 0.2) is 11.5 Å². The van der Waals surface area contributed by atoms with Crippen LogP contribution in [-0.4, -0.2) is 42.3 Å². The molecule has 2 N–H and O–H groups in total. The van der Waals surface area contributed by atoms with Crippen LogP contribution in [0.25, 0.3) is 17.2 Å². The van der Waals surface area contributed by atoms with Gasteiger partial charge in [-0.15, -0.1) is 0 Å². The third-order valence-corrected chi connectivity index (χ3v) is 4.77. The largest absolute Gasteiger partial charge is 0.493 e. The highest BCUT2D eigenvalue weighted by atomic mass is 19.1. The number of ether oxygens (including phenoxy) is 2. The summed E-state index contributed by atoms with van der Waals surface area (Å²) in [6.45, 7) is 4.00. The number of carbonyl (C=O) groups excluding carboxylic acids is 1. The Labute approximate surface area is 180 Å². The molecule has 1 unspecified atom stereocenters. The monoisotopic (exact) mass is 430 g/mol. The van der Waals surface area contributed by atoms with E-state index in [1.807, 2.05) is 19.9 Å². The van der Waals surface area contributed by atoms with Gasteiger partial charge in [-0.1, -0.05) is 38.1 Å². The maximum absolute atomic E-state index is 13.5. The first-order chi connectivity index (χ1) is 14.7. The smallest absolute Gasteiger partial charge is 0.310 e. The van der Waals surface area contributed by atoms with Crippen LogP contribution in [0.4, 0.5) is 4.39 Å². The maximum atomic E-state index is 13.5. The number of halogens is 1. The molecule has 0 saturated carbocycles. The summed E-state index contributed by atoms with van der Waals surface area (Å²) in [7, 11) is 3.04. The van der Waals surface area contributed by atoms with Gasteiger partial charge in [-0.25, -0.2) is 4.39 Å². The summed E-state index contributed by atoms with van der Waals surface area (Å²) in [4.78, 5) is 22.4. The second-order valence-electron chi connectivity index (χ2n) is 7.39. The quantitative estimate of drug-likeness (QED) is 0.542. The summed E-state index contributed by atoms with van der Waals surface area (Å²) in [6, 6.07) is 7.78. The van der Waals surface area contributed by atoms with E-state index in [0.29, 0.717) is 22.6 Å². The molecule has 0 aliphatic heterocycles. The molecule has 0 fully saturated rings. The van der Waals surface area contributed by atoms with Crippen LogP contribution in [0.2, 0.25) is 0 Å². The van der Waals surface area contributed by atoms with E-state index < -0.39 is 24.3 Å². The Hall–Kier alpha value is -3.19. The lowest BCUT2D eigenvalue weighted by Gasteiger charge is -2.21. The Morgan fingerprint density at radius 3 is 2.29 bits per heavy atom. The number of aliphatic hydroxyl groups is 1. The van der Waals surface area contributed by atoms with Crippen molar-refractivity contribution in [2.45, 2.75) is 38.7 Å². The predicted molar refractivity (Wildman–Crippen MR) is 116 cm³/mol. The minimum Gasteiger partial charge on any atom is -0.493 e. The van der Waals surface area contributed by atoms with Crippen LogP contribution in [0, 0.1) is 5.82 Å². The molecule has 0 aliphatic rings. The number of aliphatic hydroxyl groups excluding tert-OH is 1. The Morgan fingerprint density at radius 2 is 1.77 bits per heavy atom. The molecule has 0 amide bonds. The summed E-state index contributed by atoms with van der Waals surface area (Å²) >= 11 is 0. The van der Waals surface area contributed by atoms with Crippen molar-refractivity contribution < 1.29 is 33.7 Å². The molecule has 2 aromatic rings. The van der Waals surface area contributed by atoms with Gasteiger partial charge in [0, 0.05) is 12.0 Å². The minimum atomic E-state index is -1.23. The number of carboxylic acids is 1. The van der Waals surface area contributed by atoms with Crippen molar-refractivity contribution in [2.75, 3.05) is 14.2 Å². The molecule has 0 spiro atoms. The second kappa shape index (κ2) is 10.7. The fourth-order valence-electron chi connectivity index (χ4n) is 3.34. The third-order valence-electron chi connectivity index (χ3n) is 4.77. The number of hydrogen-bond acceptors (Lipinski definition) is 5. The number of hydrogen-bond donors (Lipinski definition) is 2.